The number of carbonyl (C=O) groups excluding carboxylic acids is 1. The van der Waals surface area contributed by atoms with E-state index in [1.54, 1.807) is 18.3 Å². The molecule has 0 aliphatic carbocycles. The van der Waals surface area contributed by atoms with Crippen LogP contribution in [-0.4, -0.2) is 18.1 Å². The molecule has 0 fully saturated rings. The quantitative estimate of drug-likeness (QED) is 0.813. The summed E-state index contributed by atoms with van der Waals surface area (Å²) in [7, 11) is 1.35. The molecule has 0 atom stereocenters. The second-order valence-electron chi connectivity index (χ2n) is 4.22. The molecule has 0 unspecified atom stereocenters. The predicted octanol–water partition coefficient (Wildman–Crippen LogP) is 1.94. The van der Waals surface area contributed by atoms with E-state index in [0.717, 1.165) is 11.1 Å². The van der Waals surface area contributed by atoms with Crippen LogP contribution < -0.4 is 11.1 Å². The molecule has 1 aromatic carbocycles. The number of pyridine rings is 1. The SMILES string of the molecule is COC(=O)c1cccnc1NCc1ccccc1CN. The standard InChI is InChI=1S/C15H17N3O2/c1-20-15(19)13-7-4-8-17-14(13)18-10-12-6-3-2-5-11(12)9-16/h2-8H,9-10,16H2,1H3,(H,17,18). The van der Waals surface area contributed by atoms with Crippen LogP contribution in [0.25, 0.3) is 0 Å². The van der Waals surface area contributed by atoms with Crippen LogP contribution in [0, 0.1) is 0 Å². The zero-order valence-corrected chi connectivity index (χ0v) is 11.3. The Hall–Kier alpha value is -2.40. The Labute approximate surface area is 117 Å². The number of benzene rings is 1. The second-order valence-corrected chi connectivity index (χ2v) is 4.22. The van der Waals surface area contributed by atoms with Crippen molar-refractivity contribution in [2.75, 3.05) is 12.4 Å². The third-order valence-electron chi connectivity index (χ3n) is 3.00. The number of rotatable bonds is 5. The van der Waals surface area contributed by atoms with Gasteiger partial charge in [-0.2, -0.15) is 0 Å². The first-order valence-electron chi connectivity index (χ1n) is 6.30. The fourth-order valence-electron chi connectivity index (χ4n) is 1.93. The summed E-state index contributed by atoms with van der Waals surface area (Å²) in [6, 6.07) is 11.3. The first-order chi connectivity index (χ1) is 9.76. The zero-order chi connectivity index (χ0) is 14.4. The molecule has 2 rings (SSSR count). The molecule has 0 amide bonds. The summed E-state index contributed by atoms with van der Waals surface area (Å²) in [5.41, 5.74) is 8.26. The Morgan fingerprint density at radius 1 is 1.25 bits per heavy atom. The highest BCUT2D eigenvalue weighted by molar-refractivity contribution is 5.94. The third kappa shape index (κ3) is 3.13. The van der Waals surface area contributed by atoms with E-state index in [-0.39, 0.29) is 0 Å². The molecule has 2 aromatic rings. The van der Waals surface area contributed by atoms with Gasteiger partial charge in [-0.05, 0) is 23.3 Å². The number of aromatic nitrogens is 1. The number of nitrogens with one attached hydrogen (secondary N) is 1. The molecule has 0 saturated carbocycles. The average molecular weight is 271 g/mol. The predicted molar refractivity (Wildman–Crippen MR) is 77.2 cm³/mol. The van der Waals surface area contributed by atoms with E-state index in [4.69, 9.17) is 10.5 Å². The van der Waals surface area contributed by atoms with Crippen molar-refractivity contribution >= 4 is 11.8 Å². The molecule has 0 spiro atoms. The van der Waals surface area contributed by atoms with E-state index in [1.807, 2.05) is 24.3 Å². The lowest BCUT2D eigenvalue weighted by Gasteiger charge is -2.11. The number of carbonyl (C=O) groups is 1. The van der Waals surface area contributed by atoms with Crippen molar-refractivity contribution in [3.63, 3.8) is 0 Å². The lowest BCUT2D eigenvalue weighted by atomic mass is 10.1. The minimum absolute atomic E-state index is 0.410. The number of hydrogen-bond donors (Lipinski definition) is 2. The molecular formula is C15H17N3O2. The number of esters is 1. The third-order valence-corrected chi connectivity index (χ3v) is 3.00. The molecule has 0 radical (unpaired) electrons. The maximum Gasteiger partial charge on any atom is 0.341 e. The summed E-state index contributed by atoms with van der Waals surface area (Å²) in [6.45, 7) is 1.03. The number of anilines is 1. The van der Waals surface area contributed by atoms with Gasteiger partial charge in [0.05, 0.1) is 7.11 Å². The van der Waals surface area contributed by atoms with Gasteiger partial charge in [-0.25, -0.2) is 9.78 Å². The van der Waals surface area contributed by atoms with Gasteiger partial charge in [0.25, 0.3) is 0 Å². The number of methoxy groups -OCH3 is 1. The van der Waals surface area contributed by atoms with E-state index in [1.165, 1.54) is 7.11 Å². The van der Waals surface area contributed by atoms with Crippen LogP contribution in [0.4, 0.5) is 5.82 Å². The topological polar surface area (TPSA) is 77.2 Å². The van der Waals surface area contributed by atoms with E-state index in [9.17, 15) is 4.79 Å². The highest BCUT2D eigenvalue weighted by atomic mass is 16.5. The summed E-state index contributed by atoms with van der Waals surface area (Å²) in [5.74, 6) is 0.0962. The lowest BCUT2D eigenvalue weighted by Crippen LogP contribution is -2.11. The van der Waals surface area contributed by atoms with Crippen molar-refractivity contribution in [2.24, 2.45) is 5.73 Å². The van der Waals surface area contributed by atoms with Crippen LogP contribution in [-0.2, 0) is 17.8 Å². The molecule has 1 aromatic heterocycles. The molecule has 0 aliphatic heterocycles. The first-order valence-corrected chi connectivity index (χ1v) is 6.30. The fourth-order valence-corrected chi connectivity index (χ4v) is 1.93. The van der Waals surface area contributed by atoms with E-state index in [0.29, 0.717) is 24.5 Å². The van der Waals surface area contributed by atoms with Crippen molar-refractivity contribution in [1.82, 2.24) is 4.98 Å². The molecule has 5 heteroatoms. The van der Waals surface area contributed by atoms with Crippen LogP contribution in [0.3, 0.4) is 0 Å². The molecule has 5 nitrogen and oxygen atoms in total. The van der Waals surface area contributed by atoms with Crippen LogP contribution in [0.15, 0.2) is 42.6 Å². The van der Waals surface area contributed by atoms with Crippen LogP contribution in [0.2, 0.25) is 0 Å². The normalized spacial score (nSPS) is 10.1. The van der Waals surface area contributed by atoms with Gasteiger partial charge in [0.15, 0.2) is 0 Å². The molecule has 0 bridgehead atoms. The van der Waals surface area contributed by atoms with E-state index >= 15 is 0 Å². The molecule has 20 heavy (non-hydrogen) atoms. The van der Waals surface area contributed by atoms with Gasteiger partial charge in [-0.15, -0.1) is 0 Å². The number of hydrogen-bond acceptors (Lipinski definition) is 5. The summed E-state index contributed by atoms with van der Waals surface area (Å²) >= 11 is 0. The fraction of sp³-hybridized carbons (Fsp3) is 0.200. The Kier molecular flexibility index (Phi) is 4.68. The molecule has 0 saturated heterocycles. The molecule has 3 N–H and O–H groups in total. The highest BCUT2D eigenvalue weighted by Gasteiger charge is 2.12. The average Bonchev–Trinajstić information content (AvgIpc) is 2.52. The first kappa shape index (κ1) is 14.0. The van der Waals surface area contributed by atoms with Crippen molar-refractivity contribution in [3.8, 4) is 0 Å². The van der Waals surface area contributed by atoms with Crippen LogP contribution in [0.1, 0.15) is 21.5 Å². The summed E-state index contributed by atoms with van der Waals surface area (Å²) in [5, 5.41) is 3.15. The minimum Gasteiger partial charge on any atom is -0.465 e. The summed E-state index contributed by atoms with van der Waals surface area (Å²) < 4.78 is 4.73. The Morgan fingerprint density at radius 3 is 2.70 bits per heavy atom. The summed E-state index contributed by atoms with van der Waals surface area (Å²) in [4.78, 5) is 15.8. The smallest absolute Gasteiger partial charge is 0.341 e. The van der Waals surface area contributed by atoms with Gasteiger partial charge < -0.3 is 15.8 Å². The minimum atomic E-state index is -0.410. The maximum atomic E-state index is 11.6. The van der Waals surface area contributed by atoms with Crippen LogP contribution >= 0.6 is 0 Å². The van der Waals surface area contributed by atoms with Crippen molar-refractivity contribution in [1.29, 1.82) is 0 Å². The number of nitrogens with zero attached hydrogens (tertiary/aromatic N) is 1. The van der Waals surface area contributed by atoms with Gasteiger partial charge in [0.1, 0.15) is 11.4 Å². The molecule has 1 heterocycles. The molecular weight excluding hydrogens is 254 g/mol. The van der Waals surface area contributed by atoms with E-state index in [2.05, 4.69) is 10.3 Å². The Morgan fingerprint density at radius 2 is 2.00 bits per heavy atom. The maximum absolute atomic E-state index is 11.6. The van der Waals surface area contributed by atoms with Gasteiger partial charge in [-0.3, -0.25) is 0 Å². The monoisotopic (exact) mass is 271 g/mol. The van der Waals surface area contributed by atoms with Gasteiger partial charge in [0.2, 0.25) is 0 Å². The number of ether oxygens (including phenoxy) is 1. The molecule has 0 aliphatic rings. The number of nitrogens with two attached hydrogens (primary N) is 1. The van der Waals surface area contributed by atoms with Crippen molar-refractivity contribution < 1.29 is 9.53 Å². The Bertz CT molecular complexity index is 599. The Balaban J connectivity index is 2.17. The lowest BCUT2D eigenvalue weighted by molar-refractivity contribution is 0.0601. The summed E-state index contributed by atoms with van der Waals surface area (Å²) in [6.07, 6.45) is 1.63. The van der Waals surface area contributed by atoms with Crippen molar-refractivity contribution in [2.45, 2.75) is 13.1 Å². The van der Waals surface area contributed by atoms with E-state index < -0.39 is 5.97 Å². The second kappa shape index (κ2) is 6.68. The van der Waals surface area contributed by atoms with Crippen molar-refractivity contribution in [3.05, 3.63) is 59.3 Å². The van der Waals surface area contributed by atoms with Gasteiger partial charge >= 0.3 is 5.97 Å². The zero-order valence-electron chi connectivity index (χ0n) is 11.3. The highest BCUT2D eigenvalue weighted by Crippen LogP contribution is 2.15. The molecule has 104 valence electrons. The van der Waals surface area contributed by atoms with Crippen LogP contribution in [0.5, 0.6) is 0 Å². The van der Waals surface area contributed by atoms with Gasteiger partial charge in [0, 0.05) is 19.3 Å². The largest absolute Gasteiger partial charge is 0.465 e. The van der Waals surface area contributed by atoms with Gasteiger partial charge in [-0.1, -0.05) is 24.3 Å².